The van der Waals surface area contributed by atoms with Crippen LogP contribution in [0.5, 0.6) is 0 Å². The van der Waals surface area contributed by atoms with E-state index in [2.05, 4.69) is 20.0 Å². The van der Waals surface area contributed by atoms with Gasteiger partial charge < -0.3 is 10.3 Å². The molecule has 2 atom stereocenters. The summed E-state index contributed by atoms with van der Waals surface area (Å²) in [6.45, 7) is 7.74. The average Bonchev–Trinajstić information content (AvgIpc) is 3.15. The molecular formula is C22H28N4O3S. The molecule has 3 rings (SSSR count). The summed E-state index contributed by atoms with van der Waals surface area (Å²) in [4.78, 5) is 20.8. The quantitative estimate of drug-likeness (QED) is 0.508. The molecule has 8 heteroatoms. The zero-order chi connectivity index (χ0) is 21.9. The highest BCUT2D eigenvalue weighted by Gasteiger charge is 2.23. The number of sulfonamides is 1. The van der Waals surface area contributed by atoms with Gasteiger partial charge in [-0.1, -0.05) is 32.9 Å². The van der Waals surface area contributed by atoms with Crippen molar-refractivity contribution in [1.82, 2.24) is 20.0 Å². The van der Waals surface area contributed by atoms with Gasteiger partial charge in [0.25, 0.3) is 5.91 Å². The number of benzene rings is 2. The lowest BCUT2D eigenvalue weighted by molar-refractivity contribution is 0.0923. The van der Waals surface area contributed by atoms with E-state index < -0.39 is 10.0 Å². The van der Waals surface area contributed by atoms with Gasteiger partial charge in [-0.25, -0.2) is 18.1 Å². The van der Waals surface area contributed by atoms with Crippen molar-refractivity contribution >= 4 is 27.0 Å². The molecule has 1 aromatic heterocycles. The summed E-state index contributed by atoms with van der Waals surface area (Å²) < 4.78 is 27.4. The van der Waals surface area contributed by atoms with E-state index in [4.69, 9.17) is 0 Å². The Labute approximate surface area is 177 Å². The number of rotatable bonds is 8. The molecule has 0 fully saturated rings. The first-order valence-electron chi connectivity index (χ1n) is 10.1. The van der Waals surface area contributed by atoms with Gasteiger partial charge in [-0.15, -0.1) is 0 Å². The van der Waals surface area contributed by atoms with Crippen LogP contribution in [-0.2, 0) is 10.0 Å². The van der Waals surface area contributed by atoms with Crippen LogP contribution in [0.3, 0.4) is 0 Å². The van der Waals surface area contributed by atoms with E-state index in [1.807, 2.05) is 52.0 Å². The second kappa shape index (κ2) is 8.97. The first kappa shape index (κ1) is 22.0. The monoisotopic (exact) mass is 428 g/mol. The predicted molar refractivity (Wildman–Crippen MR) is 118 cm³/mol. The van der Waals surface area contributed by atoms with Crippen molar-refractivity contribution in [2.24, 2.45) is 5.92 Å². The number of para-hydroxylation sites is 2. The van der Waals surface area contributed by atoms with Gasteiger partial charge in [-0.3, -0.25) is 4.79 Å². The number of imidazole rings is 1. The zero-order valence-electron chi connectivity index (χ0n) is 17.6. The summed E-state index contributed by atoms with van der Waals surface area (Å²) in [5.41, 5.74) is 2.14. The van der Waals surface area contributed by atoms with Crippen molar-refractivity contribution in [3.05, 3.63) is 59.9 Å². The molecule has 3 N–H and O–H groups in total. The minimum absolute atomic E-state index is 0.105. The first-order chi connectivity index (χ1) is 14.2. The van der Waals surface area contributed by atoms with Crippen LogP contribution in [0.1, 0.15) is 56.3 Å². The summed E-state index contributed by atoms with van der Waals surface area (Å²) in [6, 6.07) is 13.2. The minimum atomic E-state index is -3.61. The lowest BCUT2D eigenvalue weighted by atomic mass is 10.0. The standard InChI is InChI=1S/C22H28N4O3S/c1-5-15(4)26-30(28,29)17-12-10-16(11-13-17)22(27)25-20(14(2)3)21-23-18-8-6-7-9-19(18)24-21/h6-15,20,26H,5H2,1-4H3,(H,23,24)(H,25,27). The second-order valence-corrected chi connectivity index (χ2v) is 9.50. The van der Waals surface area contributed by atoms with Crippen molar-refractivity contribution in [1.29, 1.82) is 0 Å². The summed E-state index contributed by atoms with van der Waals surface area (Å²) in [5.74, 6) is 0.512. The number of nitrogens with zero attached hydrogens (tertiary/aromatic N) is 1. The fourth-order valence-corrected chi connectivity index (χ4v) is 4.42. The number of nitrogens with one attached hydrogen (secondary N) is 3. The van der Waals surface area contributed by atoms with Gasteiger partial charge in [-0.05, 0) is 55.7 Å². The molecule has 0 saturated heterocycles. The topological polar surface area (TPSA) is 104 Å². The molecule has 0 saturated carbocycles. The largest absolute Gasteiger partial charge is 0.342 e. The van der Waals surface area contributed by atoms with Gasteiger partial charge in [0.05, 0.1) is 22.0 Å². The average molecular weight is 429 g/mol. The molecule has 0 spiro atoms. The lowest BCUT2D eigenvalue weighted by Crippen LogP contribution is -2.33. The minimum Gasteiger partial charge on any atom is -0.342 e. The molecule has 1 amide bonds. The third-order valence-corrected chi connectivity index (χ3v) is 6.66. The fourth-order valence-electron chi connectivity index (χ4n) is 3.10. The van der Waals surface area contributed by atoms with Crippen LogP contribution in [0.25, 0.3) is 11.0 Å². The number of aromatic amines is 1. The maximum absolute atomic E-state index is 12.8. The van der Waals surface area contributed by atoms with Crippen LogP contribution in [0.4, 0.5) is 0 Å². The number of carbonyl (C=O) groups is 1. The van der Waals surface area contributed by atoms with E-state index in [9.17, 15) is 13.2 Å². The molecule has 0 aliphatic heterocycles. The SMILES string of the molecule is CCC(C)NS(=O)(=O)c1ccc(C(=O)NC(c2nc3ccccc3[nH]2)C(C)C)cc1. The number of hydrogen-bond acceptors (Lipinski definition) is 4. The Morgan fingerprint density at radius 1 is 1.07 bits per heavy atom. The second-order valence-electron chi connectivity index (χ2n) is 7.79. The summed E-state index contributed by atoms with van der Waals surface area (Å²) in [5, 5.41) is 3.01. The van der Waals surface area contributed by atoms with Crippen LogP contribution in [0.15, 0.2) is 53.4 Å². The summed E-state index contributed by atoms with van der Waals surface area (Å²) in [7, 11) is -3.61. The smallest absolute Gasteiger partial charge is 0.251 e. The van der Waals surface area contributed by atoms with Crippen LogP contribution < -0.4 is 10.0 Å². The molecule has 3 aromatic rings. The summed E-state index contributed by atoms with van der Waals surface area (Å²) >= 11 is 0. The van der Waals surface area contributed by atoms with Gasteiger partial charge in [0.2, 0.25) is 10.0 Å². The van der Waals surface area contributed by atoms with Crippen LogP contribution in [0, 0.1) is 5.92 Å². The molecule has 30 heavy (non-hydrogen) atoms. The van der Waals surface area contributed by atoms with E-state index in [1.54, 1.807) is 0 Å². The number of carbonyl (C=O) groups excluding carboxylic acids is 1. The highest BCUT2D eigenvalue weighted by molar-refractivity contribution is 7.89. The molecule has 7 nitrogen and oxygen atoms in total. The Balaban J connectivity index is 1.78. The maximum atomic E-state index is 12.8. The van der Waals surface area contributed by atoms with Crippen molar-refractivity contribution in [2.75, 3.05) is 0 Å². The van der Waals surface area contributed by atoms with Gasteiger partial charge in [0.15, 0.2) is 0 Å². The number of fused-ring (bicyclic) bond motifs is 1. The van der Waals surface area contributed by atoms with Crippen molar-refractivity contribution < 1.29 is 13.2 Å². The van der Waals surface area contributed by atoms with Crippen LogP contribution in [0.2, 0.25) is 0 Å². The molecule has 0 bridgehead atoms. The molecule has 2 aromatic carbocycles. The van der Waals surface area contributed by atoms with E-state index in [0.717, 1.165) is 11.0 Å². The van der Waals surface area contributed by atoms with E-state index >= 15 is 0 Å². The Hall–Kier alpha value is -2.71. The highest BCUT2D eigenvalue weighted by atomic mass is 32.2. The van der Waals surface area contributed by atoms with Crippen molar-refractivity contribution in [3.63, 3.8) is 0 Å². The molecule has 1 heterocycles. The number of aromatic nitrogens is 2. The fraction of sp³-hybridized carbons (Fsp3) is 0.364. The van der Waals surface area contributed by atoms with Crippen molar-refractivity contribution in [3.8, 4) is 0 Å². The highest BCUT2D eigenvalue weighted by Crippen LogP contribution is 2.23. The van der Waals surface area contributed by atoms with Gasteiger partial charge in [0.1, 0.15) is 5.82 Å². The van der Waals surface area contributed by atoms with Gasteiger partial charge in [-0.2, -0.15) is 0 Å². The molecule has 0 aliphatic carbocycles. The van der Waals surface area contributed by atoms with Gasteiger partial charge in [0, 0.05) is 11.6 Å². The van der Waals surface area contributed by atoms with E-state index in [0.29, 0.717) is 17.8 Å². The Morgan fingerprint density at radius 3 is 2.33 bits per heavy atom. The Kier molecular flexibility index (Phi) is 6.58. The Bertz CT molecular complexity index is 1090. The van der Waals surface area contributed by atoms with Crippen molar-refractivity contribution in [2.45, 2.75) is 51.1 Å². The number of amides is 1. The molecular weight excluding hydrogens is 400 g/mol. The zero-order valence-corrected chi connectivity index (χ0v) is 18.5. The molecule has 0 radical (unpaired) electrons. The third-order valence-electron chi connectivity index (χ3n) is 5.05. The lowest BCUT2D eigenvalue weighted by Gasteiger charge is -2.20. The van der Waals surface area contributed by atoms with E-state index in [-0.39, 0.29) is 28.8 Å². The van der Waals surface area contributed by atoms with Crippen LogP contribution in [-0.4, -0.2) is 30.3 Å². The molecule has 160 valence electrons. The normalized spacial score (nSPS) is 14.0. The van der Waals surface area contributed by atoms with Gasteiger partial charge >= 0.3 is 0 Å². The number of hydrogen-bond donors (Lipinski definition) is 3. The maximum Gasteiger partial charge on any atom is 0.251 e. The molecule has 0 aliphatic rings. The van der Waals surface area contributed by atoms with Crippen LogP contribution >= 0.6 is 0 Å². The predicted octanol–water partition coefficient (Wildman–Crippen LogP) is 3.77. The summed E-state index contributed by atoms with van der Waals surface area (Å²) in [6.07, 6.45) is 0.693. The van der Waals surface area contributed by atoms with E-state index in [1.165, 1.54) is 24.3 Å². The molecule has 2 unspecified atom stereocenters. The first-order valence-corrected chi connectivity index (χ1v) is 11.6. The third kappa shape index (κ3) is 4.88. The Morgan fingerprint density at radius 2 is 1.73 bits per heavy atom. The number of H-pyrrole nitrogens is 1.